The lowest BCUT2D eigenvalue weighted by molar-refractivity contribution is -0.149. The highest BCUT2D eigenvalue weighted by Gasteiger charge is 2.20. The predicted molar refractivity (Wildman–Crippen MR) is 93.1 cm³/mol. The standard InChI is InChI=1S/C18H22FN3O5/c1-11(25-14(23)9-10-20-17(24)27-18(2,3)4)15-21-22-16(26-15)12-5-7-13(19)8-6-12/h5-8,11H,9-10H2,1-4H3,(H,20,24)/t11-/m1/s1. The van der Waals surface area contributed by atoms with Gasteiger partial charge in [0.2, 0.25) is 5.89 Å². The summed E-state index contributed by atoms with van der Waals surface area (Å²) in [6, 6.07) is 5.57. The second-order valence-corrected chi connectivity index (χ2v) is 6.76. The molecule has 0 radical (unpaired) electrons. The number of ether oxygens (including phenoxy) is 2. The Hall–Kier alpha value is -2.97. The molecule has 0 aliphatic heterocycles. The number of benzene rings is 1. The fourth-order valence-electron chi connectivity index (χ4n) is 2.00. The van der Waals surface area contributed by atoms with Crippen LogP contribution in [0.1, 0.15) is 46.1 Å². The molecule has 2 aromatic rings. The summed E-state index contributed by atoms with van der Waals surface area (Å²) in [5.41, 5.74) is -0.0607. The SMILES string of the molecule is C[C@@H](OC(=O)CCNC(=O)OC(C)(C)C)c1nnc(-c2ccc(F)cc2)o1. The molecule has 0 aliphatic rings. The fraction of sp³-hybridized carbons (Fsp3) is 0.444. The lowest BCUT2D eigenvalue weighted by atomic mass is 10.2. The largest absolute Gasteiger partial charge is 0.453 e. The Balaban J connectivity index is 1.81. The van der Waals surface area contributed by atoms with Gasteiger partial charge < -0.3 is 19.2 Å². The van der Waals surface area contributed by atoms with E-state index in [9.17, 15) is 14.0 Å². The molecule has 1 heterocycles. The Labute approximate surface area is 156 Å². The summed E-state index contributed by atoms with van der Waals surface area (Å²) < 4.78 is 28.7. The average molecular weight is 379 g/mol. The van der Waals surface area contributed by atoms with E-state index in [4.69, 9.17) is 13.9 Å². The van der Waals surface area contributed by atoms with Crippen molar-refractivity contribution in [2.45, 2.75) is 45.8 Å². The van der Waals surface area contributed by atoms with Gasteiger partial charge in [-0.2, -0.15) is 0 Å². The Morgan fingerprint density at radius 3 is 2.52 bits per heavy atom. The molecule has 0 aliphatic carbocycles. The molecule has 0 saturated heterocycles. The predicted octanol–water partition coefficient (Wildman–Crippen LogP) is 3.39. The van der Waals surface area contributed by atoms with Gasteiger partial charge in [-0.05, 0) is 52.0 Å². The zero-order chi connectivity index (χ0) is 20.0. The van der Waals surface area contributed by atoms with Crippen molar-refractivity contribution < 1.29 is 27.9 Å². The molecule has 0 spiro atoms. The van der Waals surface area contributed by atoms with Gasteiger partial charge in [-0.3, -0.25) is 4.79 Å². The van der Waals surface area contributed by atoms with Crippen molar-refractivity contribution in [2.24, 2.45) is 0 Å². The molecule has 2 rings (SSSR count). The molecule has 1 N–H and O–H groups in total. The van der Waals surface area contributed by atoms with E-state index in [1.54, 1.807) is 27.7 Å². The van der Waals surface area contributed by atoms with Crippen LogP contribution in [-0.2, 0) is 14.3 Å². The Kier molecular flexibility index (Phi) is 6.49. The second-order valence-electron chi connectivity index (χ2n) is 6.76. The van der Waals surface area contributed by atoms with Crippen LogP contribution in [0.3, 0.4) is 0 Å². The number of rotatable bonds is 6. The van der Waals surface area contributed by atoms with E-state index in [2.05, 4.69) is 15.5 Å². The van der Waals surface area contributed by atoms with Gasteiger partial charge in [0.1, 0.15) is 11.4 Å². The van der Waals surface area contributed by atoms with E-state index in [0.29, 0.717) is 5.56 Å². The number of hydrogen-bond acceptors (Lipinski definition) is 7. The molecule has 0 saturated carbocycles. The van der Waals surface area contributed by atoms with Crippen LogP contribution in [0.25, 0.3) is 11.5 Å². The van der Waals surface area contributed by atoms with Crippen molar-refractivity contribution in [2.75, 3.05) is 6.54 Å². The molecule has 1 aromatic heterocycles. The number of amides is 1. The van der Waals surface area contributed by atoms with Gasteiger partial charge in [-0.1, -0.05) is 0 Å². The second kappa shape index (κ2) is 8.61. The van der Waals surface area contributed by atoms with E-state index in [-0.39, 0.29) is 30.6 Å². The van der Waals surface area contributed by atoms with Crippen LogP contribution in [0, 0.1) is 5.82 Å². The maximum absolute atomic E-state index is 13.0. The summed E-state index contributed by atoms with van der Waals surface area (Å²) in [7, 11) is 0. The van der Waals surface area contributed by atoms with Crippen LogP contribution in [0.5, 0.6) is 0 Å². The molecule has 0 bridgehead atoms. The lowest BCUT2D eigenvalue weighted by Crippen LogP contribution is -2.33. The summed E-state index contributed by atoms with van der Waals surface area (Å²) in [6.45, 7) is 6.89. The zero-order valence-electron chi connectivity index (χ0n) is 15.6. The van der Waals surface area contributed by atoms with Crippen molar-refractivity contribution in [3.8, 4) is 11.5 Å². The highest BCUT2D eigenvalue weighted by molar-refractivity contribution is 5.72. The number of halogens is 1. The number of esters is 1. The molecule has 0 unspecified atom stereocenters. The molecular formula is C18H22FN3O5. The molecule has 0 fully saturated rings. The molecule has 1 amide bonds. The number of alkyl carbamates (subject to hydrolysis) is 1. The van der Waals surface area contributed by atoms with Crippen LogP contribution in [0.2, 0.25) is 0 Å². The monoisotopic (exact) mass is 379 g/mol. The van der Waals surface area contributed by atoms with Crippen molar-refractivity contribution in [3.63, 3.8) is 0 Å². The number of carbonyl (C=O) groups excluding carboxylic acids is 2. The highest BCUT2D eigenvalue weighted by Crippen LogP contribution is 2.22. The maximum atomic E-state index is 13.0. The van der Waals surface area contributed by atoms with Crippen molar-refractivity contribution >= 4 is 12.1 Å². The van der Waals surface area contributed by atoms with Crippen LogP contribution in [0.15, 0.2) is 28.7 Å². The third kappa shape index (κ3) is 6.69. The van der Waals surface area contributed by atoms with Crippen LogP contribution >= 0.6 is 0 Å². The highest BCUT2D eigenvalue weighted by atomic mass is 19.1. The van der Waals surface area contributed by atoms with E-state index in [1.165, 1.54) is 24.3 Å². The van der Waals surface area contributed by atoms with Gasteiger partial charge in [-0.25, -0.2) is 9.18 Å². The lowest BCUT2D eigenvalue weighted by Gasteiger charge is -2.19. The normalized spacial score (nSPS) is 12.3. The van der Waals surface area contributed by atoms with Crippen molar-refractivity contribution in [1.29, 1.82) is 0 Å². The summed E-state index contributed by atoms with van der Waals surface area (Å²) in [4.78, 5) is 23.4. The van der Waals surface area contributed by atoms with Crippen molar-refractivity contribution in [3.05, 3.63) is 36.0 Å². The fourth-order valence-corrected chi connectivity index (χ4v) is 2.00. The number of nitrogens with one attached hydrogen (secondary N) is 1. The van der Waals surface area contributed by atoms with Crippen LogP contribution in [-0.4, -0.2) is 34.4 Å². The third-order valence-corrected chi connectivity index (χ3v) is 3.19. The first kappa shape index (κ1) is 20.3. The number of nitrogens with zero attached hydrogens (tertiary/aromatic N) is 2. The third-order valence-electron chi connectivity index (χ3n) is 3.19. The van der Waals surface area contributed by atoms with Crippen molar-refractivity contribution in [1.82, 2.24) is 15.5 Å². The van der Waals surface area contributed by atoms with Crippen LogP contribution < -0.4 is 5.32 Å². The number of hydrogen-bond donors (Lipinski definition) is 1. The van der Waals surface area contributed by atoms with Gasteiger partial charge in [0.15, 0.2) is 6.10 Å². The topological polar surface area (TPSA) is 104 Å². The molecule has 8 nitrogen and oxygen atoms in total. The first-order valence-corrected chi connectivity index (χ1v) is 8.40. The minimum Gasteiger partial charge on any atom is -0.453 e. The maximum Gasteiger partial charge on any atom is 0.407 e. The Morgan fingerprint density at radius 1 is 1.22 bits per heavy atom. The smallest absolute Gasteiger partial charge is 0.407 e. The number of aromatic nitrogens is 2. The molecule has 146 valence electrons. The van der Waals surface area contributed by atoms with E-state index < -0.39 is 23.8 Å². The first-order valence-electron chi connectivity index (χ1n) is 8.40. The Bertz CT molecular complexity index is 783. The molecule has 9 heteroatoms. The van der Waals surface area contributed by atoms with E-state index in [0.717, 1.165) is 0 Å². The van der Waals surface area contributed by atoms with E-state index >= 15 is 0 Å². The minimum absolute atomic E-state index is 0.0391. The first-order chi connectivity index (χ1) is 12.6. The molecule has 1 aromatic carbocycles. The van der Waals surface area contributed by atoms with Crippen LogP contribution in [0.4, 0.5) is 9.18 Å². The van der Waals surface area contributed by atoms with Gasteiger partial charge in [0.25, 0.3) is 5.89 Å². The van der Waals surface area contributed by atoms with Gasteiger partial charge >= 0.3 is 12.1 Å². The Morgan fingerprint density at radius 2 is 1.89 bits per heavy atom. The summed E-state index contributed by atoms with van der Waals surface area (Å²) in [6.07, 6.45) is -1.41. The average Bonchev–Trinajstić information content (AvgIpc) is 3.04. The zero-order valence-corrected chi connectivity index (χ0v) is 15.6. The van der Waals surface area contributed by atoms with Gasteiger partial charge in [0, 0.05) is 12.1 Å². The molecule has 1 atom stereocenters. The summed E-state index contributed by atoms with van der Waals surface area (Å²) in [5.74, 6) is -0.608. The quantitative estimate of drug-likeness (QED) is 0.767. The summed E-state index contributed by atoms with van der Waals surface area (Å²) >= 11 is 0. The van der Waals surface area contributed by atoms with Gasteiger partial charge in [0.05, 0.1) is 6.42 Å². The summed E-state index contributed by atoms with van der Waals surface area (Å²) in [5, 5.41) is 10.2. The molecule has 27 heavy (non-hydrogen) atoms. The van der Waals surface area contributed by atoms with E-state index in [1.807, 2.05) is 0 Å². The number of carbonyl (C=O) groups is 2. The van der Waals surface area contributed by atoms with Gasteiger partial charge in [-0.15, -0.1) is 10.2 Å². The molecular weight excluding hydrogens is 357 g/mol. The minimum atomic E-state index is -0.763.